The molecule has 6 nitrogen and oxygen atoms in total. The van der Waals surface area contributed by atoms with Crippen molar-refractivity contribution >= 4 is 21.7 Å². The van der Waals surface area contributed by atoms with Crippen molar-refractivity contribution in [2.45, 2.75) is 22.7 Å². The van der Waals surface area contributed by atoms with Crippen LogP contribution in [0, 0.1) is 23.7 Å². The van der Waals surface area contributed by atoms with Gasteiger partial charge < -0.3 is 10.5 Å². The fourth-order valence-electron chi connectivity index (χ4n) is 4.55. The van der Waals surface area contributed by atoms with Crippen LogP contribution in [-0.2, 0) is 24.2 Å². The lowest BCUT2D eigenvalue weighted by Crippen LogP contribution is -2.46. The van der Waals surface area contributed by atoms with Crippen molar-refractivity contribution in [1.29, 1.82) is 0 Å². The highest BCUT2D eigenvalue weighted by molar-refractivity contribution is 7.92. The van der Waals surface area contributed by atoms with Crippen LogP contribution in [0.5, 0.6) is 0 Å². The lowest BCUT2D eigenvalue weighted by atomic mass is 9.79. The fraction of sp³-hybridized carbons (Fsp3) is 0.467. The summed E-state index contributed by atoms with van der Waals surface area (Å²) in [5.74, 6) is -3.03. The number of nitrogens with two attached hydrogens (primary N) is 1. The molecule has 116 valence electrons. The molecule has 0 radical (unpaired) electrons. The van der Waals surface area contributed by atoms with Crippen LogP contribution in [0.2, 0.25) is 0 Å². The van der Waals surface area contributed by atoms with Crippen molar-refractivity contribution in [2.75, 3.05) is 0 Å². The fourth-order valence-corrected chi connectivity index (χ4v) is 6.76. The highest BCUT2D eigenvalue weighted by Gasteiger charge is 2.70. The van der Waals surface area contributed by atoms with Crippen LogP contribution in [0.4, 0.5) is 0 Å². The van der Waals surface area contributed by atoms with Crippen LogP contribution in [0.1, 0.15) is 6.42 Å². The van der Waals surface area contributed by atoms with E-state index in [0.29, 0.717) is 6.42 Å². The van der Waals surface area contributed by atoms with Gasteiger partial charge in [-0.1, -0.05) is 18.2 Å². The van der Waals surface area contributed by atoms with E-state index < -0.39 is 50.8 Å². The predicted octanol–water partition coefficient (Wildman–Crippen LogP) is 0.122. The molecule has 3 fully saturated rings. The maximum absolute atomic E-state index is 12.9. The van der Waals surface area contributed by atoms with Crippen LogP contribution < -0.4 is 5.73 Å². The Labute approximate surface area is 127 Å². The molecule has 2 aliphatic carbocycles. The van der Waals surface area contributed by atoms with Gasteiger partial charge in [-0.2, -0.15) is 0 Å². The minimum atomic E-state index is -3.68. The van der Waals surface area contributed by atoms with Gasteiger partial charge in [0.05, 0.1) is 16.7 Å². The Balaban J connectivity index is 1.81. The van der Waals surface area contributed by atoms with E-state index in [1.165, 1.54) is 12.1 Å². The number of sulfone groups is 1. The summed E-state index contributed by atoms with van der Waals surface area (Å²) in [6.07, 6.45) is -0.144. The molecule has 4 rings (SSSR count). The summed E-state index contributed by atoms with van der Waals surface area (Å²) in [6, 6.07) is 8.08. The predicted molar refractivity (Wildman–Crippen MR) is 75.1 cm³/mol. The van der Waals surface area contributed by atoms with Gasteiger partial charge >= 0.3 is 5.97 Å². The zero-order valence-corrected chi connectivity index (χ0v) is 12.4. The summed E-state index contributed by atoms with van der Waals surface area (Å²) >= 11 is 0. The summed E-state index contributed by atoms with van der Waals surface area (Å²) in [6.45, 7) is 0. The summed E-state index contributed by atoms with van der Waals surface area (Å²) in [5.41, 5.74) is 5.43. The average molecular weight is 321 g/mol. The minimum Gasteiger partial charge on any atom is -0.460 e. The van der Waals surface area contributed by atoms with E-state index in [1.807, 2.05) is 0 Å². The van der Waals surface area contributed by atoms with E-state index in [2.05, 4.69) is 0 Å². The maximum atomic E-state index is 12.9. The second-order valence-electron chi connectivity index (χ2n) is 6.24. The van der Waals surface area contributed by atoms with Crippen LogP contribution in [0.15, 0.2) is 35.2 Å². The van der Waals surface area contributed by atoms with Crippen molar-refractivity contribution in [3.05, 3.63) is 30.3 Å². The van der Waals surface area contributed by atoms with Crippen molar-refractivity contribution < 1.29 is 22.7 Å². The van der Waals surface area contributed by atoms with E-state index in [4.69, 9.17) is 10.5 Å². The highest BCUT2D eigenvalue weighted by Crippen LogP contribution is 2.60. The molecule has 6 atom stereocenters. The number of benzene rings is 1. The van der Waals surface area contributed by atoms with Gasteiger partial charge in [0.15, 0.2) is 9.84 Å². The zero-order valence-electron chi connectivity index (χ0n) is 11.6. The molecule has 1 aliphatic heterocycles. The van der Waals surface area contributed by atoms with Crippen LogP contribution in [-0.4, -0.2) is 31.6 Å². The number of carbonyl (C=O) groups excluding carboxylic acids is 2. The number of amides is 1. The molecular formula is C15H15NO5S. The van der Waals surface area contributed by atoms with Crippen LogP contribution >= 0.6 is 0 Å². The minimum absolute atomic E-state index is 0.190. The largest absolute Gasteiger partial charge is 0.460 e. The summed E-state index contributed by atoms with van der Waals surface area (Å²) in [5, 5.41) is -0.875. The maximum Gasteiger partial charge on any atom is 0.310 e. The molecule has 2 bridgehead atoms. The summed E-state index contributed by atoms with van der Waals surface area (Å²) < 4.78 is 31.2. The Morgan fingerprint density at radius 3 is 2.50 bits per heavy atom. The molecule has 2 saturated carbocycles. The number of fused-ring (bicyclic) bond motifs is 1. The Morgan fingerprint density at radius 1 is 1.18 bits per heavy atom. The van der Waals surface area contributed by atoms with Gasteiger partial charge in [0.25, 0.3) is 0 Å². The summed E-state index contributed by atoms with van der Waals surface area (Å²) in [7, 11) is -3.68. The molecule has 1 heterocycles. The van der Waals surface area contributed by atoms with Crippen molar-refractivity contribution in [1.82, 2.24) is 0 Å². The Bertz CT molecular complexity index is 759. The van der Waals surface area contributed by atoms with Gasteiger partial charge in [-0.05, 0) is 24.5 Å². The molecule has 0 unspecified atom stereocenters. The molecule has 1 saturated heterocycles. The number of rotatable bonds is 3. The SMILES string of the molecule is NC(=O)[C@H]1[C@H]2C[C@@H]3[C@@H](OC(=O)[C@@H]31)[C@@H]2S(=O)(=O)c1ccccc1. The topological polar surface area (TPSA) is 104 Å². The highest BCUT2D eigenvalue weighted by atomic mass is 32.2. The molecule has 1 aromatic rings. The van der Waals surface area contributed by atoms with Gasteiger partial charge in [-0.15, -0.1) is 0 Å². The van der Waals surface area contributed by atoms with E-state index >= 15 is 0 Å². The Kier molecular flexibility index (Phi) is 2.70. The van der Waals surface area contributed by atoms with E-state index in [-0.39, 0.29) is 10.8 Å². The lowest BCUT2D eigenvalue weighted by Gasteiger charge is -2.29. The molecular weight excluding hydrogens is 306 g/mol. The van der Waals surface area contributed by atoms with Gasteiger partial charge in [-0.25, -0.2) is 8.42 Å². The molecule has 3 aliphatic rings. The molecule has 2 N–H and O–H groups in total. The molecule has 0 aromatic heterocycles. The van der Waals surface area contributed by atoms with E-state index in [1.54, 1.807) is 18.2 Å². The van der Waals surface area contributed by atoms with E-state index in [0.717, 1.165) is 0 Å². The monoisotopic (exact) mass is 321 g/mol. The van der Waals surface area contributed by atoms with Gasteiger partial charge in [0.1, 0.15) is 11.4 Å². The number of hydrogen-bond donors (Lipinski definition) is 1. The first-order valence-electron chi connectivity index (χ1n) is 7.21. The average Bonchev–Trinajstić information content (AvgIpc) is 3.08. The molecule has 1 aromatic carbocycles. The number of esters is 1. The van der Waals surface area contributed by atoms with Crippen molar-refractivity contribution in [3.63, 3.8) is 0 Å². The third-order valence-corrected chi connectivity index (χ3v) is 7.57. The quantitative estimate of drug-likeness (QED) is 0.797. The number of ether oxygens (including phenoxy) is 1. The second kappa shape index (κ2) is 4.32. The number of carbonyl (C=O) groups is 2. The first-order chi connectivity index (χ1) is 10.4. The van der Waals surface area contributed by atoms with Crippen LogP contribution in [0.3, 0.4) is 0 Å². The van der Waals surface area contributed by atoms with Gasteiger partial charge in [-0.3, -0.25) is 9.59 Å². The van der Waals surface area contributed by atoms with E-state index in [9.17, 15) is 18.0 Å². The standard InChI is InChI=1S/C15H15NO5S/c16-14(17)10-9-6-8-11(10)15(18)21-12(8)13(9)22(19,20)7-4-2-1-3-5-7/h1-5,8-13H,6H2,(H2,16,17)/t8-,9+,10-,11-,12+,13+/m0/s1. The Morgan fingerprint density at radius 2 is 1.86 bits per heavy atom. The number of hydrogen-bond acceptors (Lipinski definition) is 5. The molecule has 0 spiro atoms. The third-order valence-electron chi connectivity index (χ3n) is 5.30. The number of primary amides is 1. The van der Waals surface area contributed by atoms with Gasteiger partial charge in [0.2, 0.25) is 5.91 Å². The second-order valence-corrected chi connectivity index (χ2v) is 8.35. The van der Waals surface area contributed by atoms with Gasteiger partial charge in [0, 0.05) is 5.92 Å². The Hall–Kier alpha value is -1.89. The lowest BCUT2D eigenvalue weighted by molar-refractivity contribution is -0.145. The summed E-state index contributed by atoms with van der Waals surface area (Å²) in [4.78, 5) is 23.9. The third kappa shape index (κ3) is 1.57. The first-order valence-corrected chi connectivity index (χ1v) is 8.76. The smallest absolute Gasteiger partial charge is 0.310 e. The zero-order chi connectivity index (χ0) is 15.6. The van der Waals surface area contributed by atoms with Crippen LogP contribution in [0.25, 0.3) is 0 Å². The van der Waals surface area contributed by atoms with Crippen molar-refractivity contribution in [2.24, 2.45) is 29.4 Å². The first kappa shape index (κ1) is 13.8. The molecule has 7 heteroatoms. The molecule has 1 amide bonds. The molecule has 22 heavy (non-hydrogen) atoms. The van der Waals surface area contributed by atoms with Crippen molar-refractivity contribution in [3.8, 4) is 0 Å². The normalized spacial score (nSPS) is 39.0.